The number of hydrogen-bond acceptors (Lipinski definition) is 8. The van der Waals surface area contributed by atoms with E-state index in [0.717, 1.165) is 73.8 Å². The number of ketones is 1. The van der Waals surface area contributed by atoms with Crippen molar-refractivity contribution in [3.05, 3.63) is 52.6 Å². The molecule has 1 atom stereocenters. The quantitative estimate of drug-likeness (QED) is 0.427. The summed E-state index contributed by atoms with van der Waals surface area (Å²) in [5.41, 5.74) is 3.28. The Balaban J connectivity index is 1.47. The topological polar surface area (TPSA) is 89.6 Å². The highest BCUT2D eigenvalue weighted by Gasteiger charge is 2.47. The lowest BCUT2D eigenvalue weighted by molar-refractivity contribution is -0.119. The van der Waals surface area contributed by atoms with Crippen LogP contribution in [0.2, 0.25) is 0 Å². The highest BCUT2D eigenvalue weighted by Crippen LogP contribution is 2.47. The minimum Gasteiger partial charge on any atom is -0.497 e. The van der Waals surface area contributed by atoms with Crippen LogP contribution in [0, 0.1) is 0 Å². The first kappa shape index (κ1) is 28.4. The third kappa shape index (κ3) is 5.82. The van der Waals surface area contributed by atoms with Crippen molar-refractivity contribution in [1.29, 1.82) is 0 Å². The van der Waals surface area contributed by atoms with Crippen LogP contribution in [0.25, 0.3) is 0 Å². The molecule has 3 aliphatic rings. The fourth-order valence-corrected chi connectivity index (χ4v) is 5.93. The van der Waals surface area contributed by atoms with Crippen molar-refractivity contribution in [3.63, 3.8) is 0 Å². The van der Waals surface area contributed by atoms with Crippen molar-refractivity contribution in [1.82, 2.24) is 10.2 Å². The molecule has 0 aliphatic carbocycles. The second kappa shape index (κ2) is 12.6. The summed E-state index contributed by atoms with van der Waals surface area (Å²) >= 11 is 0. The first-order valence-corrected chi connectivity index (χ1v) is 14.3. The SMILES string of the molecule is CCCOCc1cc2c(c3c1N(CC(=O)NCCN1CCOCC1)CC(C)(c1ccc(OC)cc1)C3=O)OCC2. The number of nitrogens with one attached hydrogen (secondary N) is 1. The van der Waals surface area contributed by atoms with Crippen LogP contribution in [-0.2, 0) is 32.7 Å². The molecule has 0 radical (unpaired) electrons. The van der Waals surface area contributed by atoms with E-state index in [9.17, 15) is 9.59 Å². The van der Waals surface area contributed by atoms with E-state index in [1.165, 1.54) is 0 Å². The van der Waals surface area contributed by atoms with Gasteiger partial charge in [0.15, 0.2) is 5.78 Å². The fraction of sp³-hybridized carbons (Fsp3) is 0.548. The van der Waals surface area contributed by atoms with E-state index in [2.05, 4.69) is 28.1 Å². The van der Waals surface area contributed by atoms with E-state index in [0.29, 0.717) is 44.2 Å². The number of hydrogen-bond donors (Lipinski definition) is 1. The van der Waals surface area contributed by atoms with Gasteiger partial charge in [0, 0.05) is 51.3 Å². The standard InChI is InChI=1S/C31H41N3O6/c1-4-14-39-20-23-18-22-9-15-40-29(22)27-28(23)34(19-26(35)32-10-11-33-12-16-38-17-13-33)21-31(2,30(27)36)24-5-7-25(37-3)8-6-24/h5-8,18H,4,9-17,19-21H2,1-3H3,(H,32,35). The summed E-state index contributed by atoms with van der Waals surface area (Å²) in [6.07, 6.45) is 1.65. The number of morpholine rings is 1. The highest BCUT2D eigenvalue weighted by molar-refractivity contribution is 6.13. The predicted molar refractivity (Wildman–Crippen MR) is 153 cm³/mol. The zero-order chi connectivity index (χ0) is 28.1. The number of carbonyl (C=O) groups excluding carboxylic acids is 2. The average molecular weight is 552 g/mol. The van der Waals surface area contributed by atoms with E-state index in [4.69, 9.17) is 18.9 Å². The van der Waals surface area contributed by atoms with Crippen molar-refractivity contribution in [2.45, 2.75) is 38.7 Å². The van der Waals surface area contributed by atoms with Crippen LogP contribution in [0.5, 0.6) is 11.5 Å². The average Bonchev–Trinajstić information content (AvgIpc) is 3.44. The van der Waals surface area contributed by atoms with Crippen LogP contribution in [0.3, 0.4) is 0 Å². The van der Waals surface area contributed by atoms with Gasteiger partial charge in [0.25, 0.3) is 0 Å². The lowest BCUT2D eigenvalue weighted by Crippen LogP contribution is -2.53. The largest absolute Gasteiger partial charge is 0.497 e. The van der Waals surface area contributed by atoms with Crippen LogP contribution >= 0.6 is 0 Å². The number of Topliss-reactive ketones (excluding diaryl/α,β-unsaturated/α-hetero) is 1. The first-order valence-electron chi connectivity index (χ1n) is 14.3. The molecule has 0 bridgehead atoms. The molecule has 2 aromatic carbocycles. The molecule has 2 aromatic rings. The molecular formula is C31H41N3O6. The highest BCUT2D eigenvalue weighted by atomic mass is 16.5. The predicted octanol–water partition coefficient (Wildman–Crippen LogP) is 2.97. The van der Waals surface area contributed by atoms with Crippen LogP contribution in [0.1, 0.15) is 47.3 Å². The number of amides is 1. The Labute approximate surface area is 236 Å². The van der Waals surface area contributed by atoms with Crippen molar-refractivity contribution in [2.75, 3.05) is 77.7 Å². The minimum atomic E-state index is -0.879. The monoisotopic (exact) mass is 551 g/mol. The van der Waals surface area contributed by atoms with Crippen LogP contribution in [-0.4, -0.2) is 89.4 Å². The smallest absolute Gasteiger partial charge is 0.239 e. The van der Waals surface area contributed by atoms with Crippen molar-refractivity contribution in [2.24, 2.45) is 0 Å². The Morgan fingerprint density at radius 2 is 1.93 bits per heavy atom. The molecule has 1 amide bonds. The van der Waals surface area contributed by atoms with Gasteiger partial charge < -0.3 is 29.2 Å². The van der Waals surface area contributed by atoms with Gasteiger partial charge in [0.05, 0.1) is 56.7 Å². The summed E-state index contributed by atoms with van der Waals surface area (Å²) in [5, 5.41) is 3.10. The Morgan fingerprint density at radius 1 is 1.15 bits per heavy atom. The Kier molecular flexibility index (Phi) is 8.93. The zero-order valence-corrected chi connectivity index (χ0v) is 23.9. The summed E-state index contributed by atoms with van der Waals surface area (Å²) in [6, 6.07) is 9.74. The first-order chi connectivity index (χ1) is 19.4. The van der Waals surface area contributed by atoms with Gasteiger partial charge >= 0.3 is 0 Å². The number of fused-ring (bicyclic) bond motifs is 3. The molecular weight excluding hydrogens is 510 g/mol. The molecule has 3 aliphatic heterocycles. The number of carbonyl (C=O) groups is 2. The second-order valence-electron chi connectivity index (χ2n) is 10.9. The molecule has 3 heterocycles. The maximum Gasteiger partial charge on any atom is 0.239 e. The molecule has 40 heavy (non-hydrogen) atoms. The summed E-state index contributed by atoms with van der Waals surface area (Å²) in [6.45, 7) is 10.6. The number of rotatable bonds is 11. The van der Waals surface area contributed by atoms with Crippen molar-refractivity contribution < 1.29 is 28.5 Å². The lowest BCUT2D eigenvalue weighted by atomic mass is 9.71. The molecule has 0 spiro atoms. The minimum absolute atomic E-state index is 0.00661. The zero-order valence-electron chi connectivity index (χ0n) is 23.9. The maximum absolute atomic E-state index is 14.4. The van der Waals surface area contributed by atoms with E-state index >= 15 is 0 Å². The summed E-state index contributed by atoms with van der Waals surface area (Å²) in [7, 11) is 1.63. The number of benzene rings is 2. The lowest BCUT2D eigenvalue weighted by Gasteiger charge is -2.43. The molecule has 1 unspecified atom stereocenters. The van der Waals surface area contributed by atoms with Crippen LogP contribution < -0.4 is 19.7 Å². The number of ether oxygens (including phenoxy) is 4. The number of nitrogens with zero attached hydrogens (tertiary/aromatic N) is 2. The van der Waals surface area contributed by atoms with Crippen LogP contribution in [0.4, 0.5) is 5.69 Å². The molecule has 216 valence electrons. The Bertz CT molecular complexity index is 1210. The number of anilines is 1. The second-order valence-corrected chi connectivity index (χ2v) is 10.9. The van der Waals surface area contributed by atoms with E-state index in [1.807, 2.05) is 31.2 Å². The van der Waals surface area contributed by atoms with Crippen LogP contribution in [0.15, 0.2) is 30.3 Å². The van der Waals surface area contributed by atoms with E-state index < -0.39 is 5.41 Å². The molecule has 1 N–H and O–H groups in total. The van der Waals surface area contributed by atoms with Gasteiger partial charge in [-0.25, -0.2) is 0 Å². The molecule has 1 saturated heterocycles. The molecule has 1 fully saturated rings. The molecule has 5 rings (SSSR count). The third-order valence-corrected chi connectivity index (χ3v) is 8.10. The maximum atomic E-state index is 14.4. The molecule has 9 nitrogen and oxygen atoms in total. The van der Waals surface area contributed by atoms with Gasteiger partial charge in [-0.3, -0.25) is 14.5 Å². The van der Waals surface area contributed by atoms with Gasteiger partial charge in [-0.1, -0.05) is 19.1 Å². The van der Waals surface area contributed by atoms with Gasteiger partial charge in [0.1, 0.15) is 11.5 Å². The van der Waals surface area contributed by atoms with Gasteiger partial charge in [0.2, 0.25) is 5.91 Å². The van der Waals surface area contributed by atoms with E-state index in [1.54, 1.807) is 7.11 Å². The molecule has 0 aromatic heterocycles. The van der Waals surface area contributed by atoms with Gasteiger partial charge in [-0.2, -0.15) is 0 Å². The van der Waals surface area contributed by atoms with Crippen molar-refractivity contribution in [3.8, 4) is 11.5 Å². The summed E-state index contributed by atoms with van der Waals surface area (Å²) in [4.78, 5) is 32.1. The van der Waals surface area contributed by atoms with E-state index in [-0.39, 0.29) is 18.2 Å². The molecule has 9 heteroatoms. The summed E-state index contributed by atoms with van der Waals surface area (Å²) < 4.78 is 22.8. The van der Waals surface area contributed by atoms with Gasteiger partial charge in [-0.05, 0) is 42.7 Å². The summed E-state index contributed by atoms with van der Waals surface area (Å²) in [5.74, 6) is 1.31. The van der Waals surface area contributed by atoms with Gasteiger partial charge in [-0.15, -0.1) is 0 Å². The Hall–Kier alpha value is -3.14. The third-order valence-electron chi connectivity index (χ3n) is 8.10. The molecule has 0 saturated carbocycles. The number of methoxy groups -OCH3 is 1. The fourth-order valence-electron chi connectivity index (χ4n) is 5.93. The normalized spacial score (nSPS) is 20.6. The van der Waals surface area contributed by atoms with Crippen molar-refractivity contribution >= 4 is 17.4 Å². The Morgan fingerprint density at radius 3 is 2.65 bits per heavy atom.